The van der Waals surface area contributed by atoms with Crippen molar-refractivity contribution in [2.75, 3.05) is 18.2 Å². The van der Waals surface area contributed by atoms with E-state index in [4.69, 9.17) is 15.3 Å². The SMILES string of the molecule is CCOC(=O)c1c(NC(SC)=C(C#N)C#N)sc(C)c1-c1ccccc1. The van der Waals surface area contributed by atoms with Gasteiger partial charge in [-0.15, -0.1) is 23.1 Å². The van der Waals surface area contributed by atoms with Crippen LogP contribution in [0.5, 0.6) is 0 Å². The van der Waals surface area contributed by atoms with Crippen molar-refractivity contribution in [2.45, 2.75) is 13.8 Å². The molecule has 2 rings (SSSR count). The molecule has 132 valence electrons. The van der Waals surface area contributed by atoms with Gasteiger partial charge in [0.1, 0.15) is 27.7 Å². The molecule has 1 N–H and O–H groups in total. The highest BCUT2D eigenvalue weighted by Crippen LogP contribution is 2.41. The lowest BCUT2D eigenvalue weighted by atomic mass is 10.0. The number of benzene rings is 1. The standard InChI is InChI=1S/C19H17N3O2S2/c1-4-24-19(23)16-15(13-8-6-5-7-9-13)12(2)26-18(16)22-17(25-3)14(10-20)11-21/h5-9,22H,4H2,1-3H3. The summed E-state index contributed by atoms with van der Waals surface area (Å²) in [6.07, 6.45) is 1.76. The van der Waals surface area contributed by atoms with Crippen molar-refractivity contribution in [3.8, 4) is 23.3 Å². The first-order valence-electron chi connectivity index (χ1n) is 7.78. The van der Waals surface area contributed by atoms with Gasteiger partial charge in [-0.05, 0) is 25.7 Å². The molecular formula is C19H17N3O2S2. The molecule has 0 radical (unpaired) electrons. The Hall–Kier alpha value is -2.74. The largest absolute Gasteiger partial charge is 0.462 e. The first-order chi connectivity index (χ1) is 12.6. The van der Waals surface area contributed by atoms with Gasteiger partial charge >= 0.3 is 5.97 Å². The molecule has 0 unspecified atom stereocenters. The number of anilines is 1. The summed E-state index contributed by atoms with van der Waals surface area (Å²) in [5.74, 6) is -0.436. The fourth-order valence-electron chi connectivity index (χ4n) is 2.43. The summed E-state index contributed by atoms with van der Waals surface area (Å²) in [5, 5.41) is 22.3. The van der Waals surface area contributed by atoms with Gasteiger partial charge in [0, 0.05) is 10.4 Å². The summed E-state index contributed by atoms with van der Waals surface area (Å²) < 4.78 is 5.25. The Kier molecular flexibility index (Phi) is 6.85. The predicted octanol–water partition coefficient (Wildman–Crippen LogP) is 4.93. The third-order valence-corrected chi connectivity index (χ3v) is 5.24. The highest BCUT2D eigenvalue weighted by molar-refractivity contribution is 8.02. The number of nitrogens with zero attached hydrogens (tertiary/aromatic N) is 2. The molecule has 7 heteroatoms. The number of ether oxygens (including phenoxy) is 1. The molecule has 5 nitrogen and oxygen atoms in total. The topological polar surface area (TPSA) is 85.9 Å². The molecule has 0 amide bonds. The zero-order valence-electron chi connectivity index (χ0n) is 14.6. The van der Waals surface area contributed by atoms with Gasteiger partial charge in [0.2, 0.25) is 0 Å². The lowest BCUT2D eigenvalue weighted by Crippen LogP contribution is -2.09. The monoisotopic (exact) mass is 383 g/mol. The third kappa shape index (κ3) is 4.08. The van der Waals surface area contributed by atoms with E-state index in [2.05, 4.69) is 5.32 Å². The minimum atomic E-state index is -0.436. The maximum absolute atomic E-state index is 12.6. The van der Waals surface area contributed by atoms with E-state index >= 15 is 0 Å². The van der Waals surface area contributed by atoms with Crippen LogP contribution in [-0.2, 0) is 4.74 Å². The van der Waals surface area contributed by atoms with E-state index in [1.165, 1.54) is 23.1 Å². The summed E-state index contributed by atoms with van der Waals surface area (Å²) in [7, 11) is 0. The maximum Gasteiger partial charge on any atom is 0.341 e. The quantitative estimate of drug-likeness (QED) is 0.562. The predicted molar refractivity (Wildman–Crippen MR) is 106 cm³/mol. The Morgan fingerprint density at radius 2 is 1.92 bits per heavy atom. The number of allylic oxidation sites excluding steroid dienone is 1. The van der Waals surface area contributed by atoms with Crippen molar-refractivity contribution in [3.63, 3.8) is 0 Å². The number of hydrogen-bond donors (Lipinski definition) is 1. The average Bonchev–Trinajstić information content (AvgIpc) is 2.98. The van der Waals surface area contributed by atoms with Crippen LogP contribution in [0.3, 0.4) is 0 Å². The van der Waals surface area contributed by atoms with E-state index in [9.17, 15) is 4.79 Å². The van der Waals surface area contributed by atoms with Crippen LogP contribution in [-0.4, -0.2) is 18.8 Å². The van der Waals surface area contributed by atoms with Gasteiger partial charge in [0.15, 0.2) is 5.57 Å². The molecule has 0 bridgehead atoms. The van der Waals surface area contributed by atoms with Crippen molar-refractivity contribution in [2.24, 2.45) is 0 Å². The Labute approximate surface area is 160 Å². The second-order valence-corrected chi connectivity index (χ2v) is 7.12. The summed E-state index contributed by atoms with van der Waals surface area (Å²) >= 11 is 2.64. The van der Waals surface area contributed by atoms with E-state index in [0.29, 0.717) is 15.6 Å². The summed E-state index contributed by atoms with van der Waals surface area (Å²) in [6, 6.07) is 13.3. The van der Waals surface area contributed by atoms with Crippen LogP contribution in [0, 0.1) is 29.6 Å². The number of thiophene rings is 1. The molecule has 0 saturated carbocycles. The lowest BCUT2D eigenvalue weighted by molar-refractivity contribution is 0.0529. The van der Waals surface area contributed by atoms with Gasteiger partial charge in [0.05, 0.1) is 6.61 Å². The van der Waals surface area contributed by atoms with Crippen LogP contribution in [0.15, 0.2) is 40.9 Å². The second kappa shape index (κ2) is 9.10. The smallest absolute Gasteiger partial charge is 0.341 e. The molecule has 0 spiro atoms. The van der Waals surface area contributed by atoms with Crippen LogP contribution >= 0.6 is 23.1 Å². The Bertz CT molecular complexity index is 903. The highest BCUT2D eigenvalue weighted by Gasteiger charge is 2.25. The first kappa shape index (κ1) is 19.6. The van der Waals surface area contributed by atoms with Gasteiger partial charge in [-0.1, -0.05) is 30.3 Å². The summed E-state index contributed by atoms with van der Waals surface area (Å²) in [5.41, 5.74) is 2.10. The molecule has 0 saturated heterocycles. The number of aryl methyl sites for hydroxylation is 1. The zero-order chi connectivity index (χ0) is 19.1. The van der Waals surface area contributed by atoms with Crippen molar-refractivity contribution in [3.05, 3.63) is 51.4 Å². The Morgan fingerprint density at radius 1 is 1.27 bits per heavy atom. The third-order valence-electron chi connectivity index (χ3n) is 3.51. The van der Waals surface area contributed by atoms with Crippen molar-refractivity contribution < 1.29 is 9.53 Å². The minimum absolute atomic E-state index is 0.0281. The molecule has 1 aromatic carbocycles. The zero-order valence-corrected chi connectivity index (χ0v) is 16.3. The number of nitriles is 2. The van der Waals surface area contributed by atoms with Gasteiger partial charge in [-0.3, -0.25) is 0 Å². The molecule has 0 fully saturated rings. The first-order valence-corrected chi connectivity index (χ1v) is 9.82. The number of thioether (sulfide) groups is 1. The van der Waals surface area contributed by atoms with Gasteiger partial charge < -0.3 is 10.1 Å². The molecule has 1 aromatic heterocycles. The van der Waals surface area contributed by atoms with Gasteiger partial charge in [-0.2, -0.15) is 10.5 Å². The van der Waals surface area contributed by atoms with E-state index in [-0.39, 0.29) is 12.2 Å². The molecule has 0 atom stereocenters. The Balaban J connectivity index is 2.65. The Morgan fingerprint density at radius 3 is 2.46 bits per heavy atom. The number of carbonyl (C=O) groups is 1. The number of hydrogen-bond acceptors (Lipinski definition) is 7. The van der Waals surface area contributed by atoms with Crippen molar-refractivity contribution in [1.82, 2.24) is 0 Å². The second-order valence-electron chi connectivity index (χ2n) is 5.08. The fraction of sp³-hybridized carbons (Fsp3) is 0.211. The van der Waals surface area contributed by atoms with Crippen LogP contribution in [0.1, 0.15) is 22.2 Å². The molecule has 2 aromatic rings. The van der Waals surface area contributed by atoms with Gasteiger partial charge in [-0.25, -0.2) is 4.79 Å². The average molecular weight is 383 g/mol. The van der Waals surface area contributed by atoms with E-state index in [0.717, 1.165) is 16.0 Å². The van der Waals surface area contributed by atoms with Crippen LogP contribution in [0.25, 0.3) is 11.1 Å². The number of carbonyl (C=O) groups excluding carboxylic acids is 1. The van der Waals surface area contributed by atoms with E-state index in [1.54, 1.807) is 13.2 Å². The lowest BCUT2D eigenvalue weighted by Gasteiger charge is -2.11. The van der Waals surface area contributed by atoms with Crippen LogP contribution in [0.2, 0.25) is 0 Å². The minimum Gasteiger partial charge on any atom is -0.462 e. The van der Waals surface area contributed by atoms with Crippen LogP contribution < -0.4 is 5.32 Å². The van der Waals surface area contributed by atoms with E-state index in [1.807, 2.05) is 49.4 Å². The molecule has 0 aliphatic rings. The molecule has 0 aliphatic carbocycles. The van der Waals surface area contributed by atoms with Crippen molar-refractivity contribution >= 4 is 34.1 Å². The summed E-state index contributed by atoms with van der Waals surface area (Å²) in [6.45, 7) is 3.94. The van der Waals surface area contributed by atoms with Crippen molar-refractivity contribution in [1.29, 1.82) is 10.5 Å². The number of esters is 1. The molecular weight excluding hydrogens is 366 g/mol. The fourth-order valence-corrected chi connectivity index (χ4v) is 4.06. The van der Waals surface area contributed by atoms with E-state index < -0.39 is 5.97 Å². The van der Waals surface area contributed by atoms with Gasteiger partial charge in [0.25, 0.3) is 0 Å². The molecule has 1 heterocycles. The highest BCUT2D eigenvalue weighted by atomic mass is 32.2. The molecule has 26 heavy (non-hydrogen) atoms. The molecule has 0 aliphatic heterocycles. The summed E-state index contributed by atoms with van der Waals surface area (Å²) in [4.78, 5) is 13.6. The van der Waals surface area contributed by atoms with Crippen LogP contribution in [0.4, 0.5) is 5.00 Å². The number of rotatable bonds is 6. The number of nitrogens with one attached hydrogen (secondary N) is 1. The maximum atomic E-state index is 12.6. The normalized spacial score (nSPS) is 9.73.